The number of rotatable bonds is 10. The Hall–Kier alpha value is -6.37. The molecule has 0 radical (unpaired) electrons. The Balaban J connectivity index is 0.839. The van der Waals surface area contributed by atoms with E-state index in [4.69, 9.17) is 14.0 Å². The summed E-state index contributed by atoms with van der Waals surface area (Å²) in [5.41, 5.74) is 3.78. The van der Waals surface area contributed by atoms with E-state index in [1.807, 2.05) is 24.3 Å². The quantitative estimate of drug-likeness (QED) is 0.164. The maximum absolute atomic E-state index is 13.2. The first-order chi connectivity index (χ1) is 25.5. The highest BCUT2D eigenvalue weighted by Crippen LogP contribution is 2.36. The summed E-state index contributed by atoms with van der Waals surface area (Å²) in [6.45, 7) is 6.08. The number of fused-ring (bicyclic) bond motifs is 1. The Morgan fingerprint density at radius 3 is 2.23 bits per heavy atom. The first-order valence-corrected chi connectivity index (χ1v) is 17.5. The fraction of sp³-hybridized carbons (Fsp3) is 0.275. The highest BCUT2D eigenvalue weighted by molar-refractivity contribution is 6.23. The number of carbonyl (C=O) groups excluding carboxylic acids is 4. The molecule has 0 bridgehead atoms. The molecule has 13 nitrogen and oxygen atoms in total. The Morgan fingerprint density at radius 1 is 0.849 bits per heavy atom. The van der Waals surface area contributed by atoms with E-state index < -0.39 is 29.7 Å². The van der Waals surface area contributed by atoms with Crippen LogP contribution in [0.15, 0.2) is 89.6 Å². The average Bonchev–Trinajstić information content (AvgIpc) is 3.67. The second kappa shape index (κ2) is 13.3. The predicted molar refractivity (Wildman–Crippen MR) is 192 cm³/mol. The van der Waals surface area contributed by atoms with Crippen LogP contribution >= 0.6 is 0 Å². The van der Waals surface area contributed by atoms with Gasteiger partial charge in [0, 0.05) is 55.6 Å². The number of piperidine rings is 1. The van der Waals surface area contributed by atoms with Crippen molar-refractivity contribution in [2.24, 2.45) is 0 Å². The van der Waals surface area contributed by atoms with Crippen LogP contribution in [0.3, 0.4) is 0 Å². The van der Waals surface area contributed by atoms with Gasteiger partial charge in [0.15, 0.2) is 0 Å². The van der Waals surface area contributed by atoms with Gasteiger partial charge in [-0.05, 0) is 66.1 Å². The van der Waals surface area contributed by atoms with Crippen LogP contribution in [-0.2, 0) is 15.0 Å². The van der Waals surface area contributed by atoms with Gasteiger partial charge in [-0.2, -0.15) is 4.98 Å². The Morgan fingerprint density at radius 2 is 1.55 bits per heavy atom. The van der Waals surface area contributed by atoms with Crippen LogP contribution in [0.5, 0.6) is 17.2 Å². The smallest absolute Gasteiger partial charge is 0.262 e. The molecule has 1 atom stereocenters. The molecular weight excluding hydrogens is 676 g/mol. The van der Waals surface area contributed by atoms with E-state index in [0.717, 1.165) is 34.6 Å². The van der Waals surface area contributed by atoms with Gasteiger partial charge in [-0.3, -0.25) is 34.4 Å². The zero-order valence-electron chi connectivity index (χ0n) is 29.3. The fourth-order valence-electron chi connectivity index (χ4n) is 6.96. The number of aryl methyl sites for hydroxylation is 1. The van der Waals surface area contributed by atoms with Crippen molar-refractivity contribution in [2.75, 3.05) is 5.32 Å². The minimum atomic E-state index is -0.989. The van der Waals surface area contributed by atoms with Gasteiger partial charge in [0.2, 0.25) is 23.5 Å². The first-order valence-electron chi connectivity index (χ1n) is 17.5. The van der Waals surface area contributed by atoms with Gasteiger partial charge in [0.25, 0.3) is 11.8 Å². The minimum Gasteiger partial charge on any atom is -0.490 e. The molecule has 5 aromatic rings. The normalized spacial score (nSPS) is 19.8. The number of hydrogen-bond donors (Lipinski definition) is 2. The molecule has 2 N–H and O–H groups in total. The van der Waals surface area contributed by atoms with Gasteiger partial charge in [-0.25, -0.2) is 0 Å². The molecule has 8 rings (SSSR count). The third-order valence-electron chi connectivity index (χ3n) is 10.1. The van der Waals surface area contributed by atoms with Gasteiger partial charge in [-0.15, -0.1) is 0 Å². The van der Waals surface area contributed by atoms with E-state index in [1.54, 1.807) is 43.5 Å². The number of nitrogens with zero attached hydrogens (tertiary/aromatic N) is 4. The lowest BCUT2D eigenvalue weighted by molar-refractivity contribution is -0.136. The number of nitrogens with one attached hydrogen (secondary N) is 2. The monoisotopic (exact) mass is 712 g/mol. The number of amides is 4. The van der Waals surface area contributed by atoms with E-state index in [-0.39, 0.29) is 41.5 Å². The average molecular weight is 713 g/mol. The summed E-state index contributed by atoms with van der Waals surface area (Å²) in [5.74, 6) is 0.904. The molecule has 2 fully saturated rings. The van der Waals surface area contributed by atoms with Crippen LogP contribution in [0.1, 0.15) is 77.3 Å². The van der Waals surface area contributed by atoms with Crippen LogP contribution < -0.4 is 20.1 Å². The summed E-state index contributed by atoms with van der Waals surface area (Å²) in [4.78, 5) is 59.6. The number of ether oxygens (including phenoxy) is 2. The molecule has 268 valence electrons. The van der Waals surface area contributed by atoms with Gasteiger partial charge in [0.05, 0.1) is 11.1 Å². The van der Waals surface area contributed by atoms with Crippen molar-refractivity contribution in [2.45, 2.75) is 70.1 Å². The molecule has 2 aromatic heterocycles. The Kier molecular flexibility index (Phi) is 8.48. The predicted octanol–water partition coefficient (Wildman–Crippen LogP) is 5.98. The number of anilines is 1. The third kappa shape index (κ3) is 6.61. The molecule has 4 heterocycles. The number of hydrogen-bond acceptors (Lipinski definition) is 11. The SMILES string of the molecule is Cc1nc(-c2cc(Oc3ccc(C(C)(C)c4ccc(O[C@H]5C[C@H](Nc6ccc7c(c6)C(=O)N(C6CCC(=O)NC6=O)C7=O)C5)cc4)cc3)ccn2)no1. The van der Waals surface area contributed by atoms with Crippen molar-refractivity contribution in [3.63, 3.8) is 0 Å². The number of carbonyl (C=O) groups is 4. The van der Waals surface area contributed by atoms with Crippen molar-refractivity contribution in [3.05, 3.63) is 113 Å². The number of aromatic nitrogens is 3. The lowest BCUT2D eigenvalue weighted by Crippen LogP contribution is -2.54. The zero-order valence-corrected chi connectivity index (χ0v) is 29.3. The van der Waals surface area contributed by atoms with E-state index in [1.165, 1.54) is 0 Å². The van der Waals surface area contributed by atoms with Gasteiger partial charge >= 0.3 is 0 Å². The largest absolute Gasteiger partial charge is 0.490 e. The third-order valence-corrected chi connectivity index (χ3v) is 10.1. The topological polar surface area (TPSA) is 166 Å². The van der Waals surface area contributed by atoms with Crippen molar-refractivity contribution in [3.8, 4) is 28.8 Å². The maximum atomic E-state index is 13.2. The molecule has 53 heavy (non-hydrogen) atoms. The van der Waals surface area contributed by atoms with Crippen molar-refractivity contribution >= 4 is 29.3 Å². The van der Waals surface area contributed by atoms with Gasteiger partial charge < -0.3 is 19.3 Å². The number of imide groups is 2. The summed E-state index contributed by atoms with van der Waals surface area (Å²) in [5, 5.41) is 9.58. The van der Waals surface area contributed by atoms with Crippen LogP contribution in [-0.4, -0.2) is 61.8 Å². The summed E-state index contributed by atoms with van der Waals surface area (Å²) in [6, 6.07) is 23.9. The molecule has 13 heteroatoms. The van der Waals surface area contributed by atoms with Crippen molar-refractivity contribution < 1.29 is 33.2 Å². The van der Waals surface area contributed by atoms with Crippen LogP contribution in [0.25, 0.3) is 11.5 Å². The summed E-state index contributed by atoms with van der Waals surface area (Å²) in [7, 11) is 0. The number of pyridine rings is 1. The molecule has 2 aliphatic heterocycles. The molecule has 4 amide bonds. The molecule has 0 spiro atoms. The highest BCUT2D eigenvalue weighted by atomic mass is 16.5. The lowest BCUT2D eigenvalue weighted by Gasteiger charge is -2.36. The minimum absolute atomic E-state index is 0.0346. The summed E-state index contributed by atoms with van der Waals surface area (Å²) < 4.78 is 17.4. The Bertz CT molecular complexity index is 2240. The zero-order chi connectivity index (χ0) is 36.9. The molecule has 1 aliphatic carbocycles. The van der Waals surface area contributed by atoms with Crippen LogP contribution in [0.4, 0.5) is 5.69 Å². The molecule has 1 saturated carbocycles. The second-order valence-corrected chi connectivity index (χ2v) is 14.0. The van der Waals surface area contributed by atoms with E-state index in [2.05, 4.69) is 63.9 Å². The summed E-state index contributed by atoms with van der Waals surface area (Å²) in [6.07, 6.45) is 3.42. The molecule has 3 aromatic carbocycles. The van der Waals surface area contributed by atoms with Gasteiger partial charge in [0.1, 0.15) is 35.1 Å². The lowest BCUT2D eigenvalue weighted by atomic mass is 9.78. The molecule has 3 aliphatic rings. The summed E-state index contributed by atoms with van der Waals surface area (Å²) >= 11 is 0. The fourth-order valence-corrected chi connectivity index (χ4v) is 6.96. The van der Waals surface area contributed by atoms with E-state index >= 15 is 0 Å². The highest BCUT2D eigenvalue weighted by Gasteiger charge is 2.45. The van der Waals surface area contributed by atoms with E-state index in [0.29, 0.717) is 34.6 Å². The standard InChI is InChI=1S/C40H36N6O7/c1-22-42-36(45-53-22)33-21-29(16-17-41-33)51-27-9-4-23(5-10-27)40(2,3)24-6-11-28(12-7-24)52-30-18-26(19-30)43-25-8-13-31-32(20-25)39(50)46(38(31)49)34-14-15-35(47)44-37(34)48/h4-13,16-17,20-21,26,30,34,43H,14-15,18-19H2,1-3H3,(H,44,47,48)/t26-,30-,34?. The molecule has 1 unspecified atom stereocenters. The van der Waals surface area contributed by atoms with Gasteiger partial charge in [-0.1, -0.05) is 43.3 Å². The first kappa shape index (κ1) is 33.8. The number of benzene rings is 3. The van der Waals surface area contributed by atoms with Crippen molar-refractivity contribution in [1.82, 2.24) is 25.3 Å². The Labute approximate surface area is 304 Å². The van der Waals surface area contributed by atoms with Crippen molar-refractivity contribution in [1.29, 1.82) is 0 Å². The van der Waals surface area contributed by atoms with Crippen LogP contribution in [0, 0.1) is 6.92 Å². The second-order valence-electron chi connectivity index (χ2n) is 14.0. The molecule has 1 saturated heterocycles. The maximum Gasteiger partial charge on any atom is 0.262 e. The van der Waals surface area contributed by atoms with E-state index in [9.17, 15) is 19.2 Å². The van der Waals surface area contributed by atoms with Crippen LogP contribution in [0.2, 0.25) is 0 Å². The molecular formula is C40H36N6O7.